The van der Waals surface area contributed by atoms with E-state index in [1.54, 1.807) is 30.1 Å². The van der Waals surface area contributed by atoms with Gasteiger partial charge in [-0.1, -0.05) is 29.3 Å². The number of hydrogen-bond donors (Lipinski definition) is 1. The molecule has 0 radical (unpaired) electrons. The van der Waals surface area contributed by atoms with Crippen LogP contribution in [0.4, 0.5) is 0 Å². The van der Waals surface area contributed by atoms with E-state index in [4.69, 9.17) is 14.7 Å². The number of furan rings is 1. The van der Waals surface area contributed by atoms with Gasteiger partial charge in [-0.2, -0.15) is 0 Å². The number of aromatic nitrogens is 1. The number of nitrogens with two attached hydrogens (primary N) is 1. The Labute approximate surface area is 155 Å². The first-order valence-electron chi connectivity index (χ1n) is 8.19. The molecule has 0 spiro atoms. The zero-order chi connectivity index (χ0) is 19.2. The van der Waals surface area contributed by atoms with E-state index in [1.165, 1.54) is 6.26 Å². The van der Waals surface area contributed by atoms with Crippen LogP contribution in [-0.4, -0.2) is 35.5 Å². The molecular formula is C20H17N3O4. The second kappa shape index (κ2) is 8.06. The standard InChI is InChI=1S/C14H10N2O3.C6H7NO/c15-14(17)13-5-4-12(19-13)10-3-1-2-9(8-10)11-6-7-18-16-11;1-7-5-3-2-4-6(7)8/h1-8H,(H2,15,17);3,5H2,1H3. The highest BCUT2D eigenvalue weighted by Crippen LogP contribution is 2.26. The Morgan fingerprint density at radius 1 is 1.22 bits per heavy atom. The van der Waals surface area contributed by atoms with E-state index in [9.17, 15) is 9.59 Å². The summed E-state index contributed by atoms with van der Waals surface area (Å²) in [5.74, 6) is 5.27. The number of carbonyl (C=O) groups excluding carboxylic acids is 2. The molecule has 1 aliphatic heterocycles. The van der Waals surface area contributed by atoms with Crippen molar-refractivity contribution in [2.45, 2.75) is 6.42 Å². The number of primary amides is 1. The van der Waals surface area contributed by atoms with Crippen molar-refractivity contribution in [2.24, 2.45) is 5.73 Å². The third kappa shape index (κ3) is 4.44. The van der Waals surface area contributed by atoms with Gasteiger partial charge >= 0.3 is 0 Å². The maximum Gasteiger partial charge on any atom is 0.298 e. The lowest BCUT2D eigenvalue weighted by Crippen LogP contribution is -2.28. The molecule has 2 aromatic heterocycles. The molecule has 0 bridgehead atoms. The molecule has 0 unspecified atom stereocenters. The fraction of sp³-hybridized carbons (Fsp3) is 0.150. The Bertz CT molecular complexity index is 1010. The molecule has 3 aromatic rings. The molecule has 0 fully saturated rings. The first-order chi connectivity index (χ1) is 13.0. The summed E-state index contributed by atoms with van der Waals surface area (Å²) >= 11 is 0. The minimum Gasteiger partial charge on any atom is -0.451 e. The van der Waals surface area contributed by atoms with Gasteiger partial charge in [0.1, 0.15) is 17.7 Å². The maximum atomic E-state index is 11.0. The van der Waals surface area contributed by atoms with Gasteiger partial charge in [0.15, 0.2) is 5.76 Å². The van der Waals surface area contributed by atoms with Crippen LogP contribution in [0.15, 0.2) is 57.7 Å². The van der Waals surface area contributed by atoms with Crippen molar-refractivity contribution in [1.82, 2.24) is 10.1 Å². The molecule has 0 atom stereocenters. The van der Waals surface area contributed by atoms with E-state index < -0.39 is 5.91 Å². The summed E-state index contributed by atoms with van der Waals surface area (Å²) in [6.45, 7) is 0.784. The van der Waals surface area contributed by atoms with Gasteiger partial charge in [0.2, 0.25) is 0 Å². The van der Waals surface area contributed by atoms with Gasteiger partial charge in [-0.25, -0.2) is 0 Å². The van der Waals surface area contributed by atoms with Gasteiger partial charge in [-0.3, -0.25) is 9.59 Å². The largest absolute Gasteiger partial charge is 0.451 e. The van der Waals surface area contributed by atoms with Gasteiger partial charge in [-0.05, 0) is 24.1 Å². The maximum absolute atomic E-state index is 11.0. The summed E-state index contributed by atoms with van der Waals surface area (Å²) < 4.78 is 10.2. The lowest BCUT2D eigenvalue weighted by Gasteiger charge is -2.13. The molecule has 0 saturated heterocycles. The Balaban J connectivity index is 0.000000221. The molecular weight excluding hydrogens is 346 g/mol. The third-order valence-electron chi connectivity index (χ3n) is 3.84. The van der Waals surface area contributed by atoms with Crippen molar-refractivity contribution < 1.29 is 18.5 Å². The number of nitrogens with zero attached hydrogens (tertiary/aromatic N) is 2. The number of hydrogen-bond acceptors (Lipinski definition) is 5. The smallest absolute Gasteiger partial charge is 0.298 e. The van der Waals surface area contributed by atoms with Crippen LogP contribution in [0.3, 0.4) is 0 Å². The average Bonchev–Trinajstić information content (AvgIpc) is 3.37. The molecule has 4 rings (SSSR count). The molecule has 3 heterocycles. The van der Waals surface area contributed by atoms with E-state index in [1.807, 2.05) is 24.3 Å². The number of rotatable bonds is 3. The topological polar surface area (TPSA) is 103 Å². The Kier molecular flexibility index (Phi) is 5.38. The first-order valence-corrected chi connectivity index (χ1v) is 8.19. The Morgan fingerprint density at radius 3 is 2.63 bits per heavy atom. The predicted octanol–water partition coefficient (Wildman–Crippen LogP) is 2.55. The van der Waals surface area contributed by atoms with E-state index >= 15 is 0 Å². The van der Waals surface area contributed by atoms with Crippen LogP contribution in [0.5, 0.6) is 0 Å². The van der Waals surface area contributed by atoms with Crippen molar-refractivity contribution in [3.05, 3.63) is 54.5 Å². The monoisotopic (exact) mass is 363 g/mol. The van der Waals surface area contributed by atoms with Crippen LogP contribution in [-0.2, 0) is 4.79 Å². The first kappa shape index (κ1) is 18.0. The lowest BCUT2D eigenvalue weighted by molar-refractivity contribution is -0.124. The highest BCUT2D eigenvalue weighted by atomic mass is 16.5. The predicted molar refractivity (Wildman–Crippen MR) is 98.2 cm³/mol. The van der Waals surface area contributed by atoms with Gasteiger partial charge < -0.3 is 19.6 Å². The minimum atomic E-state index is -0.584. The van der Waals surface area contributed by atoms with E-state index in [0.29, 0.717) is 5.76 Å². The van der Waals surface area contributed by atoms with Crippen molar-refractivity contribution in [2.75, 3.05) is 13.6 Å². The third-order valence-corrected chi connectivity index (χ3v) is 3.84. The molecule has 7 nitrogen and oxygen atoms in total. The number of carbonyl (C=O) groups is 2. The summed E-state index contributed by atoms with van der Waals surface area (Å²) in [5.41, 5.74) is 7.64. The van der Waals surface area contributed by atoms with Crippen LogP contribution >= 0.6 is 0 Å². The van der Waals surface area contributed by atoms with Crippen LogP contribution in [0.1, 0.15) is 17.0 Å². The highest BCUT2D eigenvalue weighted by molar-refractivity contribution is 5.94. The van der Waals surface area contributed by atoms with Crippen LogP contribution < -0.4 is 5.73 Å². The van der Waals surface area contributed by atoms with Gasteiger partial charge in [0.25, 0.3) is 11.8 Å². The average molecular weight is 363 g/mol. The summed E-state index contributed by atoms with van der Waals surface area (Å²) in [7, 11) is 1.76. The molecule has 7 heteroatoms. The normalized spacial score (nSPS) is 12.6. The number of benzene rings is 1. The highest BCUT2D eigenvalue weighted by Gasteiger charge is 2.10. The van der Waals surface area contributed by atoms with Crippen molar-refractivity contribution in [3.8, 4) is 34.4 Å². The van der Waals surface area contributed by atoms with Crippen molar-refractivity contribution >= 4 is 11.8 Å². The van der Waals surface area contributed by atoms with E-state index in [0.717, 1.165) is 29.8 Å². The minimum absolute atomic E-state index is 0.0590. The van der Waals surface area contributed by atoms with E-state index in [2.05, 4.69) is 17.0 Å². The molecule has 27 heavy (non-hydrogen) atoms. The molecule has 0 aliphatic carbocycles. The molecule has 1 aliphatic rings. The van der Waals surface area contributed by atoms with Crippen molar-refractivity contribution in [1.29, 1.82) is 0 Å². The summed E-state index contributed by atoms with van der Waals surface area (Å²) in [6, 6.07) is 12.6. The second-order valence-corrected chi connectivity index (χ2v) is 5.77. The van der Waals surface area contributed by atoms with E-state index in [-0.39, 0.29) is 11.7 Å². The van der Waals surface area contributed by atoms with Crippen LogP contribution in [0.25, 0.3) is 22.6 Å². The second-order valence-electron chi connectivity index (χ2n) is 5.77. The zero-order valence-corrected chi connectivity index (χ0v) is 14.6. The summed E-state index contributed by atoms with van der Waals surface area (Å²) in [4.78, 5) is 23.2. The zero-order valence-electron chi connectivity index (χ0n) is 14.6. The van der Waals surface area contributed by atoms with Gasteiger partial charge in [0, 0.05) is 37.2 Å². The Morgan fingerprint density at radius 2 is 2.04 bits per heavy atom. The SMILES string of the molecule is CN1CCC#CC1=O.NC(=O)c1ccc(-c2cccc(-c3ccon3)c2)o1. The molecule has 2 amide bonds. The molecule has 136 valence electrons. The Hall–Kier alpha value is -3.79. The van der Waals surface area contributed by atoms with Gasteiger partial charge in [0.05, 0.1) is 0 Å². The summed E-state index contributed by atoms with van der Waals surface area (Å²) in [6.07, 6.45) is 2.34. The molecule has 1 aromatic carbocycles. The summed E-state index contributed by atoms with van der Waals surface area (Å²) in [5, 5.41) is 3.87. The fourth-order valence-electron chi connectivity index (χ4n) is 2.38. The molecule has 0 saturated carbocycles. The van der Waals surface area contributed by atoms with Crippen LogP contribution in [0.2, 0.25) is 0 Å². The molecule has 2 N–H and O–H groups in total. The van der Waals surface area contributed by atoms with Crippen LogP contribution in [0, 0.1) is 11.8 Å². The fourth-order valence-corrected chi connectivity index (χ4v) is 2.38. The van der Waals surface area contributed by atoms with Gasteiger partial charge in [-0.15, -0.1) is 0 Å². The quantitative estimate of drug-likeness (QED) is 0.721. The lowest BCUT2D eigenvalue weighted by atomic mass is 10.1. The van der Waals surface area contributed by atoms with Crippen molar-refractivity contribution in [3.63, 3.8) is 0 Å². The number of amides is 2.